The summed E-state index contributed by atoms with van der Waals surface area (Å²) >= 11 is 1.32. The van der Waals surface area contributed by atoms with E-state index in [1.54, 1.807) is 18.7 Å². The van der Waals surface area contributed by atoms with Crippen molar-refractivity contribution in [3.63, 3.8) is 0 Å². The van der Waals surface area contributed by atoms with Gasteiger partial charge in [0.1, 0.15) is 21.0 Å². The molecule has 1 heterocycles. The molecule has 0 amide bonds. The van der Waals surface area contributed by atoms with E-state index in [4.69, 9.17) is 0 Å². The third-order valence-electron chi connectivity index (χ3n) is 2.44. The maximum atomic E-state index is 12.3. The number of thioether (sulfide) groups is 1. The van der Waals surface area contributed by atoms with E-state index in [0.29, 0.717) is 10.7 Å². The van der Waals surface area contributed by atoms with Crippen LogP contribution in [0.4, 0.5) is 0 Å². The summed E-state index contributed by atoms with van der Waals surface area (Å²) in [4.78, 5) is 0. The lowest BCUT2D eigenvalue weighted by molar-refractivity contribution is 0.394. The molecule has 0 bridgehead atoms. The molecule has 0 aromatic rings. The maximum absolute atomic E-state index is 12.3. The first-order valence-corrected chi connectivity index (χ1v) is 7.77. The molecule has 0 aromatic carbocycles. The molecule has 1 saturated heterocycles. The number of hydrogen-bond acceptors (Lipinski definition) is 4. The zero-order valence-corrected chi connectivity index (χ0v) is 11.9. The molecule has 1 aliphatic rings. The summed E-state index contributed by atoms with van der Waals surface area (Å²) in [6.07, 6.45) is 4.44. The van der Waals surface area contributed by atoms with Crippen LogP contribution in [-0.4, -0.2) is 33.8 Å². The van der Waals surface area contributed by atoms with Crippen LogP contribution >= 0.6 is 11.8 Å². The van der Waals surface area contributed by atoms with Crippen LogP contribution in [0.2, 0.25) is 0 Å². The summed E-state index contributed by atoms with van der Waals surface area (Å²) in [5, 5.41) is 14.5. The SMILES string of the molecule is CC/C(O)=C(\S/C=C/NC)S(=O)N1CCCC1. The van der Waals surface area contributed by atoms with Gasteiger partial charge in [0.2, 0.25) is 0 Å². The van der Waals surface area contributed by atoms with E-state index in [0.717, 1.165) is 25.9 Å². The van der Waals surface area contributed by atoms with Crippen molar-refractivity contribution in [2.45, 2.75) is 26.2 Å². The number of aliphatic hydroxyl groups is 1. The van der Waals surface area contributed by atoms with Crippen LogP contribution in [0.1, 0.15) is 26.2 Å². The van der Waals surface area contributed by atoms with Gasteiger partial charge in [-0.1, -0.05) is 18.7 Å². The molecular formula is C11H20N2O2S2. The van der Waals surface area contributed by atoms with E-state index < -0.39 is 11.0 Å². The predicted molar refractivity (Wildman–Crippen MR) is 74.7 cm³/mol. The van der Waals surface area contributed by atoms with E-state index >= 15 is 0 Å². The molecule has 0 radical (unpaired) electrons. The van der Waals surface area contributed by atoms with Crippen LogP contribution in [0.25, 0.3) is 0 Å². The monoisotopic (exact) mass is 276 g/mol. The maximum Gasteiger partial charge on any atom is 0.137 e. The van der Waals surface area contributed by atoms with Crippen LogP contribution in [0.15, 0.2) is 21.6 Å². The highest BCUT2D eigenvalue weighted by Gasteiger charge is 2.23. The van der Waals surface area contributed by atoms with E-state index in [-0.39, 0.29) is 5.76 Å². The van der Waals surface area contributed by atoms with Gasteiger partial charge in [0.05, 0.1) is 0 Å². The van der Waals surface area contributed by atoms with Gasteiger partial charge in [-0.15, -0.1) is 0 Å². The minimum Gasteiger partial charge on any atom is -0.510 e. The fourth-order valence-electron chi connectivity index (χ4n) is 1.49. The van der Waals surface area contributed by atoms with Crippen molar-refractivity contribution in [3.05, 3.63) is 21.6 Å². The van der Waals surface area contributed by atoms with Crippen LogP contribution in [0.3, 0.4) is 0 Å². The third kappa shape index (κ3) is 4.37. The van der Waals surface area contributed by atoms with E-state index in [1.807, 2.05) is 11.2 Å². The Bertz CT molecular complexity index is 323. The summed E-state index contributed by atoms with van der Waals surface area (Å²) in [5.41, 5.74) is 0. The Labute approximate surface area is 110 Å². The second-order valence-electron chi connectivity index (χ2n) is 3.68. The molecule has 1 unspecified atom stereocenters. The van der Waals surface area contributed by atoms with Crippen molar-refractivity contribution in [1.82, 2.24) is 9.62 Å². The van der Waals surface area contributed by atoms with Crippen LogP contribution in [0, 0.1) is 0 Å². The number of nitrogens with one attached hydrogen (secondary N) is 1. The fourth-order valence-corrected chi connectivity index (χ4v) is 4.08. The molecule has 17 heavy (non-hydrogen) atoms. The summed E-state index contributed by atoms with van der Waals surface area (Å²) < 4.78 is 14.8. The summed E-state index contributed by atoms with van der Waals surface area (Å²) in [7, 11) is 0.583. The summed E-state index contributed by atoms with van der Waals surface area (Å²) in [5.74, 6) is 0.223. The largest absolute Gasteiger partial charge is 0.510 e. The molecule has 0 aliphatic carbocycles. The molecule has 2 N–H and O–H groups in total. The average Bonchev–Trinajstić information content (AvgIpc) is 2.87. The number of hydrogen-bond donors (Lipinski definition) is 2. The molecule has 4 nitrogen and oxygen atoms in total. The molecule has 0 saturated carbocycles. The third-order valence-corrected chi connectivity index (χ3v) is 5.26. The van der Waals surface area contributed by atoms with Gasteiger partial charge in [-0.3, -0.25) is 0 Å². The molecule has 98 valence electrons. The Kier molecular flexibility index (Phi) is 6.69. The highest BCUT2D eigenvalue weighted by atomic mass is 32.2. The van der Waals surface area contributed by atoms with Crippen LogP contribution in [0.5, 0.6) is 0 Å². The van der Waals surface area contributed by atoms with Crippen molar-refractivity contribution in [1.29, 1.82) is 0 Å². The Hall–Kier alpha value is -0.460. The predicted octanol–water partition coefficient (Wildman–Crippen LogP) is 2.31. The second kappa shape index (κ2) is 7.79. The minimum absolute atomic E-state index is 0.223. The highest BCUT2D eigenvalue weighted by Crippen LogP contribution is 2.28. The van der Waals surface area contributed by atoms with Gasteiger partial charge in [0.15, 0.2) is 0 Å². The minimum atomic E-state index is -1.22. The van der Waals surface area contributed by atoms with E-state index in [9.17, 15) is 9.32 Å². The number of aliphatic hydroxyl groups excluding tert-OH is 1. The van der Waals surface area contributed by atoms with Gasteiger partial charge < -0.3 is 10.4 Å². The van der Waals surface area contributed by atoms with E-state index in [1.165, 1.54) is 11.8 Å². The molecular weight excluding hydrogens is 256 g/mol. The Morgan fingerprint density at radius 3 is 2.71 bits per heavy atom. The normalized spacial score (nSPS) is 20.6. The first-order valence-electron chi connectivity index (χ1n) is 5.78. The molecule has 0 spiro atoms. The first-order chi connectivity index (χ1) is 8.20. The molecule has 1 rings (SSSR count). The Balaban J connectivity index is 2.75. The zero-order chi connectivity index (χ0) is 12.7. The second-order valence-corrected chi connectivity index (χ2v) is 6.28. The van der Waals surface area contributed by atoms with Crippen molar-refractivity contribution in [2.24, 2.45) is 0 Å². The number of nitrogens with zero attached hydrogens (tertiary/aromatic N) is 1. The standard InChI is InChI=1S/C11H20N2O2S2/c1-3-10(14)11(16-9-6-12-2)17(15)13-7-4-5-8-13/h6,9,12,14H,3-5,7-8H2,1-2H3/b9-6+,11-10-. The fraction of sp³-hybridized carbons (Fsp3) is 0.636. The van der Waals surface area contributed by atoms with Crippen LogP contribution < -0.4 is 5.32 Å². The number of rotatable bonds is 6. The lowest BCUT2D eigenvalue weighted by Crippen LogP contribution is -2.23. The highest BCUT2D eigenvalue weighted by molar-refractivity contribution is 8.17. The molecule has 1 atom stereocenters. The van der Waals surface area contributed by atoms with Gasteiger partial charge in [-0.05, 0) is 18.2 Å². The number of allylic oxidation sites excluding steroid dienone is 1. The zero-order valence-electron chi connectivity index (χ0n) is 10.3. The topological polar surface area (TPSA) is 52.6 Å². The van der Waals surface area contributed by atoms with Crippen molar-refractivity contribution in [3.8, 4) is 0 Å². The van der Waals surface area contributed by atoms with Gasteiger partial charge in [-0.25, -0.2) is 8.51 Å². The van der Waals surface area contributed by atoms with E-state index in [2.05, 4.69) is 5.32 Å². The first kappa shape index (κ1) is 14.6. The molecule has 6 heteroatoms. The average molecular weight is 276 g/mol. The van der Waals surface area contributed by atoms with Crippen molar-refractivity contribution >= 4 is 22.7 Å². The smallest absolute Gasteiger partial charge is 0.137 e. The Morgan fingerprint density at radius 2 is 2.18 bits per heavy atom. The van der Waals surface area contributed by atoms with Gasteiger partial charge in [-0.2, -0.15) is 0 Å². The molecule has 1 aliphatic heterocycles. The van der Waals surface area contributed by atoms with Gasteiger partial charge in [0.25, 0.3) is 0 Å². The van der Waals surface area contributed by atoms with Gasteiger partial charge in [0, 0.05) is 32.8 Å². The quantitative estimate of drug-likeness (QED) is 0.731. The van der Waals surface area contributed by atoms with Crippen molar-refractivity contribution < 1.29 is 9.32 Å². The van der Waals surface area contributed by atoms with Crippen LogP contribution in [-0.2, 0) is 11.0 Å². The Morgan fingerprint density at radius 1 is 1.53 bits per heavy atom. The lowest BCUT2D eigenvalue weighted by Gasteiger charge is -2.16. The summed E-state index contributed by atoms with van der Waals surface area (Å²) in [6.45, 7) is 3.56. The van der Waals surface area contributed by atoms with Gasteiger partial charge >= 0.3 is 0 Å². The lowest BCUT2D eigenvalue weighted by atomic mass is 10.4. The molecule has 1 fully saturated rings. The molecule has 0 aromatic heterocycles. The van der Waals surface area contributed by atoms with Crippen molar-refractivity contribution in [2.75, 3.05) is 20.1 Å². The summed E-state index contributed by atoms with van der Waals surface area (Å²) in [6, 6.07) is 0.